The SMILES string of the molecule is CC(C)(C)C(Nc1cc(F)cc(C(F)(F)F)c1)C(=O)N1CCCC1C(N)=O.CCC1CC1C(=O)NS(=O)(=O)C1CC1.COCCOCCOCC(=O)Nc1ccc2c(c1)CN(C(=O)O)C2. The summed E-state index contributed by atoms with van der Waals surface area (Å²) in [5.74, 6) is -2.34. The molecule has 2 aromatic carbocycles. The van der Waals surface area contributed by atoms with Crippen LogP contribution in [0.15, 0.2) is 36.4 Å². The highest BCUT2D eigenvalue weighted by Crippen LogP contribution is 2.41. The molecule has 6 rings (SSSR count). The Morgan fingerprint density at radius 1 is 0.923 bits per heavy atom. The Morgan fingerprint density at radius 2 is 1.58 bits per heavy atom. The fourth-order valence-corrected chi connectivity index (χ4v) is 8.53. The number of fused-ring (bicyclic) bond motifs is 1. The molecule has 5 amide bonds. The van der Waals surface area contributed by atoms with Gasteiger partial charge >= 0.3 is 12.3 Å². The number of carboxylic acid groups (broad SMARTS) is 1. The molecule has 2 heterocycles. The number of anilines is 2. The third kappa shape index (κ3) is 16.1. The van der Waals surface area contributed by atoms with Crippen molar-refractivity contribution in [1.82, 2.24) is 14.5 Å². The molecule has 362 valence electrons. The van der Waals surface area contributed by atoms with Gasteiger partial charge in [-0.15, -0.1) is 0 Å². The molecule has 4 aliphatic rings. The normalized spacial score (nSPS) is 19.4. The molecule has 4 unspecified atom stereocenters. The number of nitrogens with two attached hydrogens (primary N) is 1. The van der Waals surface area contributed by atoms with Gasteiger partial charge in [0.15, 0.2) is 0 Å². The predicted octanol–water partition coefficient (Wildman–Crippen LogP) is 5.09. The lowest BCUT2D eigenvalue weighted by Gasteiger charge is -2.35. The highest BCUT2D eigenvalue weighted by molar-refractivity contribution is 7.90. The number of alkyl halides is 3. The van der Waals surface area contributed by atoms with Gasteiger partial charge in [-0.2, -0.15) is 13.2 Å². The van der Waals surface area contributed by atoms with Crippen LogP contribution in [0.4, 0.5) is 33.7 Å². The number of likely N-dealkylation sites (tertiary alicyclic amines) is 1. The van der Waals surface area contributed by atoms with Crippen LogP contribution in [0.2, 0.25) is 0 Å². The highest BCUT2D eigenvalue weighted by Gasteiger charge is 2.45. The third-order valence-corrected chi connectivity index (χ3v) is 12.9. The second kappa shape index (κ2) is 22.9. The zero-order chi connectivity index (χ0) is 48.3. The molecule has 2 saturated carbocycles. The first kappa shape index (κ1) is 52.6. The Hall–Kier alpha value is -5.06. The van der Waals surface area contributed by atoms with Gasteiger partial charge in [0.2, 0.25) is 33.7 Å². The van der Waals surface area contributed by atoms with Gasteiger partial charge in [-0.25, -0.2) is 17.6 Å². The van der Waals surface area contributed by atoms with Crippen molar-refractivity contribution < 1.29 is 69.3 Å². The molecule has 4 atom stereocenters. The maximum absolute atomic E-state index is 13.7. The first-order valence-electron chi connectivity index (χ1n) is 21.3. The van der Waals surface area contributed by atoms with Gasteiger partial charge in [0, 0.05) is 44.0 Å². The van der Waals surface area contributed by atoms with E-state index < -0.39 is 63.0 Å². The number of amides is 5. The molecule has 0 aromatic heterocycles. The molecule has 0 radical (unpaired) electrons. The highest BCUT2D eigenvalue weighted by atomic mass is 32.2. The van der Waals surface area contributed by atoms with Crippen LogP contribution in [-0.2, 0) is 62.7 Å². The summed E-state index contributed by atoms with van der Waals surface area (Å²) in [6.07, 6.45) is -1.41. The van der Waals surface area contributed by atoms with E-state index in [0.717, 1.165) is 36.1 Å². The zero-order valence-corrected chi connectivity index (χ0v) is 38.0. The summed E-state index contributed by atoms with van der Waals surface area (Å²) in [6.45, 7) is 9.93. The van der Waals surface area contributed by atoms with Crippen LogP contribution in [0.25, 0.3) is 0 Å². The maximum Gasteiger partial charge on any atom is 0.416 e. The quantitative estimate of drug-likeness (QED) is 0.103. The summed E-state index contributed by atoms with van der Waals surface area (Å²) < 4.78 is 92.8. The fourth-order valence-electron chi connectivity index (χ4n) is 7.17. The molecule has 2 aromatic rings. The Bertz CT molecular complexity index is 2120. The predicted molar refractivity (Wildman–Crippen MR) is 230 cm³/mol. The standard InChI is InChI=1S/C18H23F4N3O2.C16H22N2O6.C9H15NO3S/c1-17(2,3)14(16(27)25-6-4-5-13(25)15(23)26)24-12-8-10(18(20,21)22)7-11(19)9-12;1-22-4-5-23-6-7-24-11-15(19)17-14-3-2-12-9-18(16(20)21)10-13(12)8-14;1-2-6-5-8(6)9(11)10-14(12,13)7-3-4-7/h7-9,13-14,24H,4-6H2,1-3H3,(H2,23,26);2-3,8H,4-7,9-11H2,1H3,(H,17,19)(H,20,21);6-8H,2-5H2,1H3,(H,10,11). The molecule has 65 heavy (non-hydrogen) atoms. The smallest absolute Gasteiger partial charge is 0.416 e. The third-order valence-electron chi connectivity index (χ3n) is 11.0. The number of benzene rings is 2. The Morgan fingerprint density at radius 3 is 2.17 bits per heavy atom. The van der Waals surface area contributed by atoms with Crippen molar-refractivity contribution in [3.63, 3.8) is 0 Å². The van der Waals surface area contributed by atoms with Crippen molar-refractivity contribution in [2.75, 3.05) is 57.3 Å². The monoisotopic (exact) mass is 944 g/mol. The van der Waals surface area contributed by atoms with Gasteiger partial charge in [0.25, 0.3) is 0 Å². The summed E-state index contributed by atoms with van der Waals surface area (Å²) in [4.78, 5) is 61.5. The van der Waals surface area contributed by atoms with Gasteiger partial charge in [-0.05, 0) is 84.9 Å². The summed E-state index contributed by atoms with van der Waals surface area (Å²) in [5.41, 5.74) is 5.81. The number of nitrogens with one attached hydrogen (secondary N) is 3. The molecule has 6 N–H and O–H groups in total. The molecule has 22 heteroatoms. The van der Waals surface area contributed by atoms with Crippen LogP contribution in [0.1, 0.15) is 82.9 Å². The van der Waals surface area contributed by atoms with Crippen LogP contribution < -0.4 is 21.1 Å². The minimum absolute atomic E-state index is 0.0477. The maximum atomic E-state index is 13.7. The number of primary amides is 1. The van der Waals surface area contributed by atoms with Crippen LogP contribution in [0, 0.1) is 23.1 Å². The van der Waals surface area contributed by atoms with Gasteiger partial charge in [-0.1, -0.05) is 40.2 Å². The van der Waals surface area contributed by atoms with Gasteiger partial charge < -0.3 is 40.6 Å². The number of hydrogen-bond donors (Lipinski definition) is 5. The summed E-state index contributed by atoms with van der Waals surface area (Å²) >= 11 is 0. The first-order valence-corrected chi connectivity index (χ1v) is 22.8. The molecule has 17 nitrogen and oxygen atoms in total. The average Bonchev–Trinajstić information content (AvgIpc) is 4.13. The molecule has 1 saturated heterocycles. The number of methoxy groups -OCH3 is 1. The lowest BCUT2D eigenvalue weighted by atomic mass is 9.85. The van der Waals surface area contributed by atoms with E-state index in [1.165, 1.54) is 9.80 Å². The van der Waals surface area contributed by atoms with E-state index in [1.807, 2.05) is 13.0 Å². The summed E-state index contributed by atoms with van der Waals surface area (Å²) in [5, 5.41) is 14.2. The Balaban J connectivity index is 0.000000223. The van der Waals surface area contributed by atoms with E-state index >= 15 is 0 Å². The van der Waals surface area contributed by atoms with Crippen molar-refractivity contribution in [3.05, 3.63) is 58.9 Å². The molecular weight excluding hydrogens is 885 g/mol. The Labute approximate surface area is 376 Å². The van der Waals surface area contributed by atoms with Gasteiger partial charge in [0.05, 0.1) is 37.2 Å². The average molecular weight is 945 g/mol. The number of ether oxygens (including phenoxy) is 3. The zero-order valence-electron chi connectivity index (χ0n) is 37.2. The largest absolute Gasteiger partial charge is 0.465 e. The topological polar surface area (TPSA) is 236 Å². The van der Waals surface area contributed by atoms with Crippen molar-refractivity contribution in [2.24, 2.45) is 23.0 Å². The molecule has 2 aliphatic heterocycles. The van der Waals surface area contributed by atoms with Crippen molar-refractivity contribution in [2.45, 2.75) is 103 Å². The molecule has 0 spiro atoms. The Kier molecular flexibility index (Phi) is 18.5. The lowest BCUT2D eigenvalue weighted by Crippen LogP contribution is -2.53. The number of carbonyl (C=O) groups excluding carboxylic acids is 4. The van der Waals surface area contributed by atoms with Crippen molar-refractivity contribution in [1.29, 1.82) is 0 Å². The number of halogens is 4. The number of hydrogen-bond acceptors (Lipinski definition) is 11. The van der Waals surface area contributed by atoms with Crippen LogP contribution in [0.3, 0.4) is 0 Å². The van der Waals surface area contributed by atoms with E-state index in [1.54, 1.807) is 40.0 Å². The number of carbonyl (C=O) groups is 5. The summed E-state index contributed by atoms with van der Waals surface area (Å²) in [6, 6.07) is 5.71. The second-order valence-electron chi connectivity index (χ2n) is 17.3. The number of sulfonamides is 1. The van der Waals surface area contributed by atoms with E-state index in [-0.39, 0.29) is 35.3 Å². The molecule has 0 bridgehead atoms. The van der Waals surface area contributed by atoms with E-state index in [2.05, 4.69) is 15.4 Å². The molecule has 2 aliphatic carbocycles. The van der Waals surface area contributed by atoms with Crippen molar-refractivity contribution in [3.8, 4) is 0 Å². The van der Waals surface area contributed by atoms with Gasteiger partial charge in [-0.3, -0.25) is 28.8 Å². The van der Waals surface area contributed by atoms with Crippen LogP contribution >= 0.6 is 0 Å². The van der Waals surface area contributed by atoms with Gasteiger partial charge in [0.1, 0.15) is 24.5 Å². The number of nitrogens with zero attached hydrogens (tertiary/aromatic N) is 2. The molecular formula is C43H60F4N6O11S. The van der Waals surface area contributed by atoms with E-state index in [9.17, 15) is 50.0 Å². The lowest BCUT2D eigenvalue weighted by molar-refractivity contribution is -0.139. The van der Waals surface area contributed by atoms with Crippen molar-refractivity contribution >= 4 is 51.1 Å². The minimum Gasteiger partial charge on any atom is -0.465 e. The summed E-state index contributed by atoms with van der Waals surface area (Å²) in [7, 11) is -1.72. The van der Waals surface area contributed by atoms with E-state index in [0.29, 0.717) is 89.4 Å². The fraction of sp³-hybridized carbons (Fsp3) is 0.605. The molecule has 3 fully saturated rings. The van der Waals surface area contributed by atoms with Crippen LogP contribution in [-0.4, -0.2) is 117 Å². The minimum atomic E-state index is -4.72. The number of rotatable bonds is 17. The first-order chi connectivity index (χ1) is 30.4. The second-order valence-corrected chi connectivity index (χ2v) is 19.3. The van der Waals surface area contributed by atoms with E-state index in [4.69, 9.17) is 25.1 Å². The van der Waals surface area contributed by atoms with Crippen LogP contribution in [0.5, 0.6) is 0 Å².